The average molecular weight is 333 g/mol. The van der Waals surface area contributed by atoms with Gasteiger partial charge in [0.25, 0.3) is 0 Å². The van der Waals surface area contributed by atoms with E-state index in [1.807, 2.05) is 31.2 Å². The van der Waals surface area contributed by atoms with E-state index in [0.29, 0.717) is 6.42 Å². The highest BCUT2D eigenvalue weighted by atomic mass is 19.4. The molecule has 0 aliphatic heterocycles. The minimum absolute atomic E-state index is 0.135. The number of nitrogens with one attached hydrogen (secondary N) is 1. The van der Waals surface area contributed by atoms with Crippen molar-refractivity contribution in [2.24, 2.45) is 0 Å². The maximum atomic E-state index is 12.5. The van der Waals surface area contributed by atoms with Gasteiger partial charge in [0.1, 0.15) is 0 Å². The van der Waals surface area contributed by atoms with Crippen LogP contribution in [-0.4, -0.2) is 18.8 Å². The quantitative estimate of drug-likeness (QED) is 0.843. The van der Waals surface area contributed by atoms with Crippen molar-refractivity contribution >= 4 is 0 Å². The van der Waals surface area contributed by atoms with E-state index < -0.39 is 12.7 Å². The zero-order valence-electron chi connectivity index (χ0n) is 13.7. The Morgan fingerprint density at radius 2 is 1.46 bits per heavy atom. The smallest absolute Gasteiger partial charge is 0.306 e. The van der Waals surface area contributed by atoms with E-state index in [1.165, 1.54) is 22.3 Å². The molecule has 0 aromatic heterocycles. The number of alkyl halides is 3. The van der Waals surface area contributed by atoms with Crippen molar-refractivity contribution in [2.45, 2.75) is 44.3 Å². The van der Waals surface area contributed by atoms with E-state index in [0.717, 1.165) is 12.8 Å². The van der Waals surface area contributed by atoms with Crippen LogP contribution < -0.4 is 5.32 Å². The zero-order chi connectivity index (χ0) is 17.2. The Bertz CT molecular complexity index is 646. The topological polar surface area (TPSA) is 12.0 Å². The zero-order valence-corrected chi connectivity index (χ0v) is 13.7. The molecule has 0 saturated carbocycles. The fraction of sp³-hybridized carbons (Fsp3) is 0.400. The van der Waals surface area contributed by atoms with Gasteiger partial charge in [-0.1, -0.05) is 48.5 Å². The molecule has 4 heteroatoms. The first-order valence-corrected chi connectivity index (χ1v) is 8.40. The number of rotatable bonds is 4. The summed E-state index contributed by atoms with van der Waals surface area (Å²) in [5.41, 5.74) is 5.12. The predicted molar refractivity (Wildman–Crippen MR) is 90.3 cm³/mol. The molecule has 1 N–H and O–H groups in total. The molecule has 1 nitrogen and oxygen atoms in total. The SMILES string of the molecule is CC(CC1c2ccccc2CCc2ccccc21)NCC(F)(F)F. The predicted octanol–water partition coefficient (Wildman–Crippen LogP) is 4.85. The van der Waals surface area contributed by atoms with E-state index in [2.05, 4.69) is 29.6 Å². The van der Waals surface area contributed by atoms with Crippen LogP contribution in [0.1, 0.15) is 41.5 Å². The number of halogens is 3. The first kappa shape index (κ1) is 17.0. The van der Waals surface area contributed by atoms with Gasteiger partial charge in [0.05, 0.1) is 6.54 Å². The van der Waals surface area contributed by atoms with Crippen molar-refractivity contribution in [2.75, 3.05) is 6.54 Å². The van der Waals surface area contributed by atoms with Gasteiger partial charge in [-0.25, -0.2) is 0 Å². The Balaban J connectivity index is 1.88. The van der Waals surface area contributed by atoms with Crippen molar-refractivity contribution in [3.63, 3.8) is 0 Å². The highest BCUT2D eigenvalue weighted by molar-refractivity contribution is 5.44. The van der Waals surface area contributed by atoms with Crippen molar-refractivity contribution < 1.29 is 13.2 Å². The van der Waals surface area contributed by atoms with Crippen LogP contribution in [0.4, 0.5) is 13.2 Å². The third-order valence-corrected chi connectivity index (χ3v) is 4.76. The fourth-order valence-electron chi connectivity index (χ4n) is 3.62. The van der Waals surface area contributed by atoms with Gasteiger partial charge in [0.15, 0.2) is 0 Å². The second kappa shape index (κ2) is 6.98. The average Bonchev–Trinajstić information content (AvgIpc) is 2.71. The molecular formula is C20H22F3N. The Morgan fingerprint density at radius 1 is 0.958 bits per heavy atom. The molecule has 0 spiro atoms. The number of benzene rings is 2. The molecule has 0 amide bonds. The van der Waals surface area contributed by atoms with Crippen molar-refractivity contribution in [3.05, 3.63) is 70.8 Å². The Hall–Kier alpha value is -1.81. The third kappa shape index (κ3) is 3.99. The third-order valence-electron chi connectivity index (χ3n) is 4.76. The van der Waals surface area contributed by atoms with Crippen LogP contribution in [-0.2, 0) is 12.8 Å². The van der Waals surface area contributed by atoms with Crippen LogP contribution in [0, 0.1) is 0 Å². The second-order valence-electron chi connectivity index (χ2n) is 6.58. The minimum Gasteiger partial charge on any atom is -0.306 e. The van der Waals surface area contributed by atoms with Gasteiger partial charge < -0.3 is 5.32 Å². The monoisotopic (exact) mass is 333 g/mol. The molecule has 1 aliphatic carbocycles. The molecule has 2 aromatic carbocycles. The summed E-state index contributed by atoms with van der Waals surface area (Å²) < 4.78 is 37.4. The molecule has 0 fully saturated rings. The van der Waals surface area contributed by atoms with Gasteiger partial charge in [-0.15, -0.1) is 0 Å². The summed E-state index contributed by atoms with van der Waals surface area (Å²) in [6, 6.07) is 16.4. The summed E-state index contributed by atoms with van der Waals surface area (Å²) in [6.45, 7) is 0.895. The van der Waals surface area contributed by atoms with Crippen LogP contribution >= 0.6 is 0 Å². The highest BCUT2D eigenvalue weighted by Crippen LogP contribution is 2.37. The van der Waals surface area contributed by atoms with Gasteiger partial charge >= 0.3 is 6.18 Å². The molecule has 0 saturated heterocycles. The summed E-state index contributed by atoms with van der Waals surface area (Å²) in [7, 11) is 0. The molecule has 1 unspecified atom stereocenters. The summed E-state index contributed by atoms with van der Waals surface area (Å²) in [5, 5.41) is 2.63. The number of hydrogen-bond donors (Lipinski definition) is 1. The molecule has 128 valence electrons. The number of hydrogen-bond acceptors (Lipinski definition) is 1. The lowest BCUT2D eigenvalue weighted by molar-refractivity contribution is -0.126. The molecule has 3 rings (SSSR count). The highest BCUT2D eigenvalue weighted by Gasteiger charge is 2.29. The number of aryl methyl sites for hydroxylation is 2. The van der Waals surface area contributed by atoms with E-state index in [4.69, 9.17) is 0 Å². The van der Waals surface area contributed by atoms with E-state index in [1.54, 1.807) is 0 Å². The van der Waals surface area contributed by atoms with Gasteiger partial charge in [0, 0.05) is 12.0 Å². The molecule has 1 aliphatic rings. The maximum Gasteiger partial charge on any atom is 0.401 e. The maximum absolute atomic E-state index is 12.5. The van der Waals surface area contributed by atoms with Crippen molar-refractivity contribution in [1.29, 1.82) is 0 Å². The Labute approximate surface area is 140 Å². The lowest BCUT2D eigenvalue weighted by atomic mass is 9.84. The number of fused-ring (bicyclic) bond motifs is 2. The fourth-order valence-corrected chi connectivity index (χ4v) is 3.62. The standard InChI is InChI=1S/C20H22F3N/c1-14(24-13-20(21,22)23)12-19-17-8-4-2-6-15(17)10-11-16-7-3-5-9-18(16)19/h2-9,14,19,24H,10-13H2,1H3. The van der Waals surface area contributed by atoms with Crippen LogP contribution in [0.3, 0.4) is 0 Å². The molecule has 1 atom stereocenters. The Kier molecular flexibility index (Phi) is 4.95. The van der Waals surface area contributed by atoms with Gasteiger partial charge in [-0.05, 0) is 48.4 Å². The summed E-state index contributed by atoms with van der Waals surface area (Å²) in [6.07, 6.45) is -1.56. The first-order valence-electron chi connectivity index (χ1n) is 8.40. The molecule has 0 radical (unpaired) electrons. The largest absolute Gasteiger partial charge is 0.401 e. The molecular weight excluding hydrogens is 311 g/mol. The van der Waals surface area contributed by atoms with Crippen LogP contribution in [0.2, 0.25) is 0 Å². The normalized spacial score (nSPS) is 16.2. The summed E-state index contributed by atoms with van der Waals surface area (Å²) in [5.74, 6) is 0.135. The first-order chi connectivity index (χ1) is 11.4. The summed E-state index contributed by atoms with van der Waals surface area (Å²) in [4.78, 5) is 0. The minimum atomic E-state index is -4.17. The molecule has 24 heavy (non-hydrogen) atoms. The molecule has 0 heterocycles. The van der Waals surface area contributed by atoms with E-state index in [-0.39, 0.29) is 12.0 Å². The van der Waals surface area contributed by atoms with Crippen LogP contribution in [0.5, 0.6) is 0 Å². The van der Waals surface area contributed by atoms with Crippen molar-refractivity contribution in [1.82, 2.24) is 5.32 Å². The lowest BCUT2D eigenvalue weighted by Crippen LogP contribution is -2.36. The lowest BCUT2D eigenvalue weighted by Gasteiger charge is -2.25. The van der Waals surface area contributed by atoms with Gasteiger partial charge in [-0.3, -0.25) is 0 Å². The van der Waals surface area contributed by atoms with Crippen molar-refractivity contribution in [3.8, 4) is 0 Å². The van der Waals surface area contributed by atoms with E-state index in [9.17, 15) is 13.2 Å². The second-order valence-corrected chi connectivity index (χ2v) is 6.58. The van der Waals surface area contributed by atoms with Gasteiger partial charge in [0.2, 0.25) is 0 Å². The molecule has 2 aromatic rings. The van der Waals surface area contributed by atoms with E-state index >= 15 is 0 Å². The molecule has 0 bridgehead atoms. The van der Waals surface area contributed by atoms with Crippen LogP contribution in [0.15, 0.2) is 48.5 Å². The van der Waals surface area contributed by atoms with Gasteiger partial charge in [-0.2, -0.15) is 13.2 Å². The van der Waals surface area contributed by atoms with Crippen LogP contribution in [0.25, 0.3) is 0 Å². The summed E-state index contributed by atoms with van der Waals surface area (Å²) >= 11 is 0. The Morgan fingerprint density at radius 3 is 1.96 bits per heavy atom.